The van der Waals surface area contributed by atoms with Crippen LogP contribution in [-0.4, -0.2) is 30.4 Å². The largest absolute Gasteiger partial charge is 0.497 e. The zero-order valence-electron chi connectivity index (χ0n) is 11.1. The molecule has 100 valence electrons. The summed E-state index contributed by atoms with van der Waals surface area (Å²) < 4.78 is 5.30. The van der Waals surface area contributed by atoms with Crippen LogP contribution in [0.3, 0.4) is 0 Å². The van der Waals surface area contributed by atoms with E-state index >= 15 is 0 Å². The van der Waals surface area contributed by atoms with Crippen LogP contribution in [0.5, 0.6) is 5.75 Å². The predicted molar refractivity (Wildman–Crippen MR) is 75.4 cm³/mol. The fourth-order valence-corrected chi connectivity index (χ4v) is 2.73. The van der Waals surface area contributed by atoms with Crippen LogP contribution in [0.1, 0.15) is 24.5 Å². The van der Waals surface area contributed by atoms with Crippen LogP contribution in [0, 0.1) is 0 Å². The molecule has 0 saturated carbocycles. The lowest BCUT2D eigenvalue weighted by molar-refractivity contribution is 0.415. The van der Waals surface area contributed by atoms with Crippen molar-refractivity contribution in [2.45, 2.75) is 18.8 Å². The summed E-state index contributed by atoms with van der Waals surface area (Å²) in [5, 5.41) is 10.9. The van der Waals surface area contributed by atoms with Crippen molar-refractivity contribution in [3.8, 4) is 16.9 Å². The van der Waals surface area contributed by atoms with Crippen LogP contribution in [0.2, 0.25) is 0 Å². The summed E-state index contributed by atoms with van der Waals surface area (Å²) in [6.45, 7) is 2.15. The zero-order chi connectivity index (χ0) is 13.1. The number of nitrogens with one attached hydrogen (secondary N) is 2. The van der Waals surface area contributed by atoms with Crippen molar-refractivity contribution in [1.82, 2.24) is 15.5 Å². The lowest BCUT2D eigenvalue weighted by atomic mass is 9.91. The fourth-order valence-electron chi connectivity index (χ4n) is 2.73. The Morgan fingerprint density at radius 3 is 3.11 bits per heavy atom. The summed E-state index contributed by atoms with van der Waals surface area (Å²) in [5.41, 5.74) is 3.58. The van der Waals surface area contributed by atoms with Gasteiger partial charge < -0.3 is 10.1 Å². The van der Waals surface area contributed by atoms with E-state index in [2.05, 4.69) is 27.6 Å². The van der Waals surface area contributed by atoms with Crippen molar-refractivity contribution in [3.05, 3.63) is 36.2 Å². The molecular formula is C15H19N3O. The second-order valence-electron chi connectivity index (χ2n) is 4.97. The molecule has 0 amide bonds. The standard InChI is InChI=1S/C15H19N3O/c1-19-13-6-2-4-11(8-13)14-10-17-18-15(14)12-5-3-7-16-9-12/h2,4,6,8,10,12,16H,3,5,7,9H2,1H3,(H,17,18)/t12-/m0/s1. The van der Waals surface area contributed by atoms with Crippen molar-refractivity contribution in [2.75, 3.05) is 20.2 Å². The number of aromatic amines is 1. The van der Waals surface area contributed by atoms with E-state index in [1.54, 1.807) is 7.11 Å². The minimum absolute atomic E-state index is 0.525. The van der Waals surface area contributed by atoms with Crippen molar-refractivity contribution < 1.29 is 4.74 Å². The average Bonchev–Trinajstić information content (AvgIpc) is 2.98. The Balaban J connectivity index is 1.94. The first-order valence-corrected chi connectivity index (χ1v) is 6.77. The van der Waals surface area contributed by atoms with Crippen molar-refractivity contribution in [2.24, 2.45) is 0 Å². The van der Waals surface area contributed by atoms with Gasteiger partial charge in [-0.2, -0.15) is 5.10 Å². The molecule has 0 bridgehead atoms. The molecule has 0 radical (unpaired) electrons. The van der Waals surface area contributed by atoms with Gasteiger partial charge in [-0.1, -0.05) is 12.1 Å². The van der Waals surface area contributed by atoms with Crippen LogP contribution >= 0.6 is 0 Å². The third-order valence-corrected chi connectivity index (χ3v) is 3.75. The minimum Gasteiger partial charge on any atom is -0.497 e. The number of nitrogens with zero attached hydrogens (tertiary/aromatic N) is 1. The van der Waals surface area contributed by atoms with Crippen molar-refractivity contribution in [3.63, 3.8) is 0 Å². The molecule has 1 aromatic carbocycles. The number of piperidine rings is 1. The van der Waals surface area contributed by atoms with Gasteiger partial charge in [-0.05, 0) is 37.1 Å². The summed E-state index contributed by atoms with van der Waals surface area (Å²) in [6, 6.07) is 8.15. The van der Waals surface area contributed by atoms with Gasteiger partial charge in [0.15, 0.2) is 0 Å². The van der Waals surface area contributed by atoms with E-state index in [1.807, 2.05) is 18.3 Å². The molecule has 1 aromatic heterocycles. The molecule has 3 rings (SSSR count). The quantitative estimate of drug-likeness (QED) is 0.888. The maximum absolute atomic E-state index is 5.30. The molecular weight excluding hydrogens is 238 g/mol. The Labute approximate surface area is 113 Å². The lowest BCUT2D eigenvalue weighted by Gasteiger charge is -2.22. The molecule has 0 aliphatic carbocycles. The van der Waals surface area contributed by atoms with E-state index in [1.165, 1.54) is 24.1 Å². The predicted octanol–water partition coefficient (Wildman–Crippen LogP) is 2.55. The topological polar surface area (TPSA) is 49.9 Å². The summed E-state index contributed by atoms with van der Waals surface area (Å²) in [7, 11) is 1.69. The number of aromatic nitrogens is 2. The van der Waals surface area contributed by atoms with E-state index in [9.17, 15) is 0 Å². The number of rotatable bonds is 3. The first-order valence-electron chi connectivity index (χ1n) is 6.77. The van der Waals surface area contributed by atoms with Gasteiger partial charge in [0.1, 0.15) is 5.75 Å². The molecule has 1 aliphatic heterocycles. The summed E-state index contributed by atoms with van der Waals surface area (Å²) in [6.07, 6.45) is 4.35. The molecule has 0 unspecified atom stereocenters. The highest BCUT2D eigenvalue weighted by Gasteiger charge is 2.20. The molecule has 1 atom stereocenters. The van der Waals surface area contributed by atoms with E-state index in [0.29, 0.717) is 5.92 Å². The molecule has 0 spiro atoms. The number of hydrogen-bond donors (Lipinski definition) is 2. The Kier molecular flexibility index (Phi) is 3.51. The van der Waals surface area contributed by atoms with E-state index in [4.69, 9.17) is 4.74 Å². The molecule has 2 aromatic rings. The number of hydrogen-bond acceptors (Lipinski definition) is 3. The molecule has 4 heteroatoms. The highest BCUT2D eigenvalue weighted by Crippen LogP contribution is 2.32. The second-order valence-corrected chi connectivity index (χ2v) is 4.97. The van der Waals surface area contributed by atoms with Gasteiger partial charge in [-0.25, -0.2) is 0 Å². The minimum atomic E-state index is 0.525. The molecule has 2 heterocycles. The van der Waals surface area contributed by atoms with Crippen LogP contribution in [0.15, 0.2) is 30.5 Å². The maximum Gasteiger partial charge on any atom is 0.119 e. The smallest absolute Gasteiger partial charge is 0.119 e. The monoisotopic (exact) mass is 257 g/mol. The van der Waals surface area contributed by atoms with Crippen LogP contribution in [0.25, 0.3) is 11.1 Å². The molecule has 1 fully saturated rings. The Bertz CT molecular complexity index is 544. The van der Waals surface area contributed by atoms with E-state index in [0.717, 1.165) is 24.4 Å². The molecule has 1 saturated heterocycles. The highest BCUT2D eigenvalue weighted by molar-refractivity contribution is 5.67. The first kappa shape index (κ1) is 12.2. The van der Waals surface area contributed by atoms with Crippen molar-refractivity contribution in [1.29, 1.82) is 0 Å². The van der Waals surface area contributed by atoms with Gasteiger partial charge >= 0.3 is 0 Å². The van der Waals surface area contributed by atoms with Crippen molar-refractivity contribution >= 4 is 0 Å². The maximum atomic E-state index is 5.30. The summed E-state index contributed by atoms with van der Waals surface area (Å²) in [4.78, 5) is 0. The Morgan fingerprint density at radius 1 is 1.37 bits per heavy atom. The molecule has 4 nitrogen and oxygen atoms in total. The number of H-pyrrole nitrogens is 1. The van der Waals surface area contributed by atoms with Gasteiger partial charge in [0.25, 0.3) is 0 Å². The van der Waals surface area contributed by atoms with Gasteiger partial charge in [-0.3, -0.25) is 5.10 Å². The van der Waals surface area contributed by atoms with Gasteiger partial charge in [0, 0.05) is 23.7 Å². The Hall–Kier alpha value is -1.81. The summed E-state index contributed by atoms with van der Waals surface area (Å²) >= 11 is 0. The van der Waals surface area contributed by atoms with E-state index in [-0.39, 0.29) is 0 Å². The highest BCUT2D eigenvalue weighted by atomic mass is 16.5. The third kappa shape index (κ3) is 2.49. The zero-order valence-corrected chi connectivity index (χ0v) is 11.1. The van der Waals surface area contributed by atoms with E-state index < -0.39 is 0 Å². The summed E-state index contributed by atoms with van der Waals surface area (Å²) in [5.74, 6) is 1.41. The second kappa shape index (κ2) is 5.45. The van der Waals surface area contributed by atoms with Crippen LogP contribution in [0.4, 0.5) is 0 Å². The van der Waals surface area contributed by atoms with Crippen LogP contribution < -0.4 is 10.1 Å². The van der Waals surface area contributed by atoms with Gasteiger partial charge in [0.2, 0.25) is 0 Å². The number of ether oxygens (including phenoxy) is 1. The normalized spacial score (nSPS) is 19.3. The number of benzene rings is 1. The lowest BCUT2D eigenvalue weighted by Crippen LogP contribution is -2.28. The average molecular weight is 257 g/mol. The molecule has 1 aliphatic rings. The SMILES string of the molecule is COc1cccc(-c2cn[nH]c2[C@H]2CCCNC2)c1. The molecule has 2 N–H and O–H groups in total. The van der Waals surface area contributed by atoms with Crippen LogP contribution in [-0.2, 0) is 0 Å². The third-order valence-electron chi connectivity index (χ3n) is 3.75. The number of methoxy groups -OCH3 is 1. The Morgan fingerprint density at radius 2 is 2.32 bits per heavy atom. The molecule has 19 heavy (non-hydrogen) atoms. The van der Waals surface area contributed by atoms with Gasteiger partial charge in [0.05, 0.1) is 13.3 Å². The first-order chi connectivity index (χ1) is 9.38. The fraction of sp³-hybridized carbons (Fsp3) is 0.400. The van der Waals surface area contributed by atoms with Gasteiger partial charge in [-0.15, -0.1) is 0 Å².